The minimum atomic E-state index is -0.372. The fraction of sp³-hybridized carbons (Fsp3) is 0.278. The smallest absolute Gasteiger partial charge is 0.323 e. The maximum atomic E-state index is 12.4. The summed E-state index contributed by atoms with van der Waals surface area (Å²) in [5.41, 5.74) is 2.13. The predicted molar refractivity (Wildman–Crippen MR) is 99.5 cm³/mol. The number of anilines is 3. The summed E-state index contributed by atoms with van der Waals surface area (Å²) in [6.45, 7) is 0. The van der Waals surface area contributed by atoms with Gasteiger partial charge in [-0.1, -0.05) is 12.1 Å². The minimum absolute atomic E-state index is 0.372. The van der Waals surface area contributed by atoms with Gasteiger partial charge in [-0.25, -0.2) is 4.79 Å². The average molecular weight is 345 g/mol. The standard InChI is InChI=1S/C18H23N3O4/c1-21(2)14-9-7-6-8-13(14)20-18(22)19-12-10-15(23-3)17(25-5)16(11-12)24-4/h6-11H,1-5H3,(H2,19,20,22). The van der Waals surface area contributed by atoms with Crippen molar-refractivity contribution in [1.29, 1.82) is 0 Å². The first-order valence-corrected chi connectivity index (χ1v) is 7.64. The second-order valence-electron chi connectivity index (χ2n) is 5.40. The van der Waals surface area contributed by atoms with Gasteiger partial charge in [0.25, 0.3) is 0 Å². The summed E-state index contributed by atoms with van der Waals surface area (Å²) in [6, 6.07) is 10.5. The summed E-state index contributed by atoms with van der Waals surface area (Å²) >= 11 is 0. The highest BCUT2D eigenvalue weighted by atomic mass is 16.5. The van der Waals surface area contributed by atoms with Crippen molar-refractivity contribution in [2.45, 2.75) is 0 Å². The van der Waals surface area contributed by atoms with Gasteiger partial charge in [-0.3, -0.25) is 0 Å². The van der Waals surface area contributed by atoms with Gasteiger partial charge in [0, 0.05) is 26.2 Å². The van der Waals surface area contributed by atoms with Crippen LogP contribution in [0.4, 0.5) is 21.9 Å². The van der Waals surface area contributed by atoms with Gasteiger partial charge >= 0.3 is 6.03 Å². The number of ether oxygens (including phenoxy) is 3. The Morgan fingerprint density at radius 2 is 1.52 bits per heavy atom. The van der Waals surface area contributed by atoms with Crippen molar-refractivity contribution in [2.24, 2.45) is 0 Å². The molecule has 0 saturated heterocycles. The lowest BCUT2D eigenvalue weighted by Crippen LogP contribution is -2.21. The number of methoxy groups -OCH3 is 3. The van der Waals surface area contributed by atoms with Gasteiger partial charge in [0.15, 0.2) is 11.5 Å². The quantitative estimate of drug-likeness (QED) is 0.839. The van der Waals surface area contributed by atoms with E-state index in [9.17, 15) is 4.79 Å². The summed E-state index contributed by atoms with van der Waals surface area (Å²) in [5, 5.41) is 5.61. The van der Waals surface area contributed by atoms with E-state index in [1.54, 1.807) is 12.1 Å². The van der Waals surface area contributed by atoms with Crippen molar-refractivity contribution in [3.8, 4) is 17.2 Å². The topological polar surface area (TPSA) is 72.1 Å². The fourth-order valence-electron chi connectivity index (χ4n) is 2.41. The Balaban J connectivity index is 2.21. The number of nitrogens with one attached hydrogen (secondary N) is 2. The highest BCUT2D eigenvalue weighted by Gasteiger charge is 2.15. The number of rotatable bonds is 6. The Kier molecular flexibility index (Phi) is 5.94. The third-order valence-electron chi connectivity index (χ3n) is 3.56. The second kappa shape index (κ2) is 8.14. The Morgan fingerprint density at radius 1 is 0.920 bits per heavy atom. The molecule has 7 heteroatoms. The van der Waals surface area contributed by atoms with Gasteiger partial charge in [0.2, 0.25) is 5.75 Å². The molecule has 0 bridgehead atoms. The van der Waals surface area contributed by atoms with E-state index in [0.29, 0.717) is 28.6 Å². The number of hydrogen-bond acceptors (Lipinski definition) is 5. The Bertz CT molecular complexity index is 722. The van der Waals surface area contributed by atoms with Gasteiger partial charge in [-0.05, 0) is 12.1 Å². The fourth-order valence-corrected chi connectivity index (χ4v) is 2.41. The van der Waals surface area contributed by atoms with E-state index < -0.39 is 0 Å². The van der Waals surface area contributed by atoms with Crippen LogP contribution in [0, 0.1) is 0 Å². The highest BCUT2D eigenvalue weighted by Crippen LogP contribution is 2.40. The number of amides is 2. The van der Waals surface area contributed by atoms with Crippen molar-refractivity contribution in [3.05, 3.63) is 36.4 Å². The van der Waals surface area contributed by atoms with Gasteiger partial charge < -0.3 is 29.7 Å². The number of benzene rings is 2. The highest BCUT2D eigenvalue weighted by molar-refractivity contribution is 6.02. The van der Waals surface area contributed by atoms with Crippen molar-refractivity contribution in [2.75, 3.05) is 51.0 Å². The SMILES string of the molecule is COc1cc(NC(=O)Nc2ccccc2N(C)C)cc(OC)c1OC. The summed E-state index contributed by atoms with van der Waals surface area (Å²) < 4.78 is 15.8. The van der Waals surface area contributed by atoms with Gasteiger partial charge in [0.05, 0.1) is 38.4 Å². The number of carbonyl (C=O) groups excluding carboxylic acids is 1. The molecule has 0 fully saturated rings. The van der Waals surface area contributed by atoms with Crippen molar-refractivity contribution >= 4 is 23.1 Å². The van der Waals surface area contributed by atoms with Gasteiger partial charge in [-0.15, -0.1) is 0 Å². The molecule has 0 atom stereocenters. The lowest BCUT2D eigenvalue weighted by Gasteiger charge is -2.18. The lowest BCUT2D eigenvalue weighted by atomic mass is 10.2. The van der Waals surface area contributed by atoms with Crippen LogP contribution in [0.3, 0.4) is 0 Å². The van der Waals surface area contributed by atoms with Crippen LogP contribution in [0.5, 0.6) is 17.2 Å². The molecule has 0 unspecified atom stereocenters. The molecule has 2 aromatic carbocycles. The Hall–Kier alpha value is -3.09. The van der Waals surface area contributed by atoms with E-state index in [1.807, 2.05) is 43.3 Å². The van der Waals surface area contributed by atoms with Crippen LogP contribution in [0.15, 0.2) is 36.4 Å². The normalized spacial score (nSPS) is 9.96. The van der Waals surface area contributed by atoms with Gasteiger partial charge in [-0.2, -0.15) is 0 Å². The number of carbonyl (C=O) groups is 1. The Labute approximate surface area is 147 Å². The molecule has 0 aliphatic rings. The van der Waals surface area contributed by atoms with E-state index >= 15 is 0 Å². The third-order valence-corrected chi connectivity index (χ3v) is 3.56. The molecule has 0 aliphatic heterocycles. The number of urea groups is 1. The molecule has 7 nitrogen and oxygen atoms in total. The maximum Gasteiger partial charge on any atom is 0.323 e. The van der Waals surface area contributed by atoms with Gasteiger partial charge in [0.1, 0.15) is 0 Å². The van der Waals surface area contributed by atoms with Crippen LogP contribution in [-0.2, 0) is 0 Å². The molecule has 2 aromatic rings. The molecule has 0 radical (unpaired) electrons. The zero-order chi connectivity index (χ0) is 18.4. The molecule has 0 spiro atoms. The van der Waals surface area contributed by atoms with Crippen LogP contribution in [0.2, 0.25) is 0 Å². The summed E-state index contributed by atoms with van der Waals surface area (Å²) in [5.74, 6) is 1.39. The lowest BCUT2D eigenvalue weighted by molar-refractivity contribution is 0.262. The van der Waals surface area contributed by atoms with E-state index in [1.165, 1.54) is 21.3 Å². The van der Waals surface area contributed by atoms with Crippen molar-refractivity contribution in [3.63, 3.8) is 0 Å². The number of nitrogens with zero attached hydrogens (tertiary/aromatic N) is 1. The summed E-state index contributed by atoms with van der Waals surface area (Å²) in [7, 11) is 8.40. The van der Waals surface area contributed by atoms with Crippen LogP contribution in [0.25, 0.3) is 0 Å². The predicted octanol–water partition coefficient (Wildman–Crippen LogP) is 3.42. The molecule has 0 heterocycles. The molecule has 25 heavy (non-hydrogen) atoms. The largest absolute Gasteiger partial charge is 0.493 e. The monoisotopic (exact) mass is 345 g/mol. The van der Waals surface area contributed by atoms with Crippen LogP contribution >= 0.6 is 0 Å². The van der Waals surface area contributed by atoms with E-state index in [-0.39, 0.29) is 6.03 Å². The molecular weight excluding hydrogens is 322 g/mol. The average Bonchev–Trinajstić information content (AvgIpc) is 2.60. The maximum absolute atomic E-state index is 12.4. The van der Waals surface area contributed by atoms with Crippen molar-refractivity contribution in [1.82, 2.24) is 0 Å². The van der Waals surface area contributed by atoms with Crippen molar-refractivity contribution < 1.29 is 19.0 Å². The zero-order valence-corrected chi connectivity index (χ0v) is 15.0. The second-order valence-corrected chi connectivity index (χ2v) is 5.40. The molecule has 134 valence electrons. The minimum Gasteiger partial charge on any atom is -0.493 e. The summed E-state index contributed by atoms with van der Waals surface area (Å²) in [4.78, 5) is 14.3. The third kappa shape index (κ3) is 4.26. The Morgan fingerprint density at radius 3 is 2.04 bits per heavy atom. The summed E-state index contributed by atoms with van der Waals surface area (Å²) in [6.07, 6.45) is 0. The molecular formula is C18H23N3O4. The van der Waals surface area contributed by atoms with E-state index in [2.05, 4.69) is 10.6 Å². The molecule has 2 N–H and O–H groups in total. The van der Waals surface area contributed by atoms with E-state index in [4.69, 9.17) is 14.2 Å². The molecule has 0 aliphatic carbocycles. The number of para-hydroxylation sites is 2. The first-order valence-electron chi connectivity index (χ1n) is 7.64. The molecule has 0 saturated carbocycles. The van der Waals surface area contributed by atoms with Crippen LogP contribution in [-0.4, -0.2) is 41.5 Å². The van der Waals surface area contributed by atoms with Crippen LogP contribution in [0.1, 0.15) is 0 Å². The molecule has 2 rings (SSSR count). The number of hydrogen-bond donors (Lipinski definition) is 2. The molecule has 2 amide bonds. The zero-order valence-electron chi connectivity index (χ0n) is 15.0. The first-order chi connectivity index (χ1) is 12.0. The first kappa shape index (κ1) is 18.3. The van der Waals surface area contributed by atoms with E-state index in [0.717, 1.165) is 5.69 Å². The molecule has 0 aromatic heterocycles. The van der Waals surface area contributed by atoms with Crippen LogP contribution < -0.4 is 29.7 Å².